The zero-order valence-electron chi connectivity index (χ0n) is 9.38. The molecule has 1 nitrogen and oxygen atoms in total. The second kappa shape index (κ2) is 6.86. The molecule has 0 aliphatic carbocycles. The molecular formula is C11H10BrF3OS2. The molecule has 0 aromatic heterocycles. The molecule has 0 aliphatic heterocycles. The Morgan fingerprint density at radius 2 is 2.00 bits per heavy atom. The Morgan fingerprint density at radius 3 is 2.50 bits per heavy atom. The van der Waals surface area contributed by atoms with Crippen LogP contribution in [0.4, 0.5) is 13.2 Å². The van der Waals surface area contributed by atoms with Gasteiger partial charge in [0, 0.05) is 16.2 Å². The molecular weight excluding hydrogens is 349 g/mol. The van der Waals surface area contributed by atoms with Crippen molar-refractivity contribution in [2.75, 3.05) is 11.6 Å². The van der Waals surface area contributed by atoms with E-state index in [0.29, 0.717) is 10.5 Å². The predicted octanol–water partition coefficient (Wildman–Crippen LogP) is 4.53. The molecule has 0 N–H and O–H groups in total. The largest absolute Gasteiger partial charge is 0.446 e. The topological polar surface area (TPSA) is 17.1 Å². The van der Waals surface area contributed by atoms with E-state index in [4.69, 9.17) is 0 Å². The van der Waals surface area contributed by atoms with E-state index in [1.165, 1.54) is 17.8 Å². The number of ketones is 1. The third kappa shape index (κ3) is 5.24. The highest BCUT2D eigenvalue weighted by molar-refractivity contribution is 9.09. The first-order valence-electron chi connectivity index (χ1n) is 4.86. The molecule has 0 bridgehead atoms. The van der Waals surface area contributed by atoms with Crippen molar-refractivity contribution in [1.29, 1.82) is 0 Å². The number of halogens is 4. The van der Waals surface area contributed by atoms with E-state index < -0.39 is 5.51 Å². The number of hydrogen-bond acceptors (Lipinski definition) is 3. The second-order valence-corrected chi connectivity index (χ2v) is 5.90. The van der Waals surface area contributed by atoms with Gasteiger partial charge in [-0.25, -0.2) is 0 Å². The van der Waals surface area contributed by atoms with Crippen LogP contribution in [0.1, 0.15) is 5.56 Å². The highest BCUT2D eigenvalue weighted by Gasteiger charge is 2.30. The molecule has 0 saturated carbocycles. The summed E-state index contributed by atoms with van der Waals surface area (Å²) in [4.78, 5) is 12.0. The Kier molecular flexibility index (Phi) is 6.07. The highest BCUT2D eigenvalue weighted by atomic mass is 79.9. The summed E-state index contributed by atoms with van der Waals surface area (Å²) in [6.45, 7) is 0. The molecule has 0 spiro atoms. The Morgan fingerprint density at radius 1 is 1.33 bits per heavy atom. The van der Waals surface area contributed by atoms with Crippen LogP contribution in [0.2, 0.25) is 0 Å². The Balaban J connectivity index is 2.98. The third-order valence-corrected chi connectivity index (χ3v) is 4.34. The molecule has 0 heterocycles. The van der Waals surface area contributed by atoms with Crippen LogP contribution in [-0.2, 0) is 11.2 Å². The number of Topliss-reactive ketones (excluding diaryl/α,β-unsaturated/α-hetero) is 1. The number of thioether (sulfide) groups is 2. The highest BCUT2D eigenvalue weighted by Crippen LogP contribution is 2.41. The van der Waals surface area contributed by atoms with Crippen molar-refractivity contribution in [3.63, 3.8) is 0 Å². The molecule has 0 saturated heterocycles. The third-order valence-electron chi connectivity index (χ3n) is 2.00. The summed E-state index contributed by atoms with van der Waals surface area (Å²) in [5, 5.41) is 0.207. The number of alkyl halides is 4. The summed E-state index contributed by atoms with van der Waals surface area (Å²) in [7, 11) is 0. The van der Waals surface area contributed by atoms with Crippen molar-refractivity contribution in [1.82, 2.24) is 0 Å². The normalized spacial score (nSPS) is 11.6. The molecule has 1 aromatic rings. The number of carbonyl (C=O) groups is 1. The van der Waals surface area contributed by atoms with E-state index in [-0.39, 0.29) is 34.2 Å². The Bertz CT molecular complexity index is 435. The van der Waals surface area contributed by atoms with Crippen LogP contribution in [0, 0.1) is 0 Å². The van der Waals surface area contributed by atoms with Gasteiger partial charge in [-0.3, -0.25) is 4.79 Å². The number of benzene rings is 1. The summed E-state index contributed by atoms with van der Waals surface area (Å²) >= 11 is 4.14. The predicted molar refractivity (Wildman–Crippen MR) is 72.6 cm³/mol. The quantitative estimate of drug-likeness (QED) is 0.568. The van der Waals surface area contributed by atoms with Crippen LogP contribution in [0.15, 0.2) is 28.0 Å². The summed E-state index contributed by atoms with van der Waals surface area (Å²) in [6, 6.07) is 4.74. The fourth-order valence-corrected chi connectivity index (χ4v) is 2.98. The maximum Gasteiger partial charge on any atom is 0.446 e. The van der Waals surface area contributed by atoms with E-state index in [0.717, 1.165) is 0 Å². The molecule has 18 heavy (non-hydrogen) atoms. The van der Waals surface area contributed by atoms with Crippen molar-refractivity contribution in [2.45, 2.75) is 21.7 Å². The minimum atomic E-state index is -4.32. The monoisotopic (exact) mass is 358 g/mol. The van der Waals surface area contributed by atoms with Gasteiger partial charge in [0.2, 0.25) is 0 Å². The minimum Gasteiger partial charge on any atom is -0.298 e. The number of hydrogen-bond donors (Lipinski definition) is 0. The van der Waals surface area contributed by atoms with Gasteiger partial charge in [0.25, 0.3) is 0 Å². The Hall–Kier alpha value is -0.140. The van der Waals surface area contributed by atoms with Gasteiger partial charge in [-0.2, -0.15) is 13.2 Å². The lowest BCUT2D eigenvalue weighted by Gasteiger charge is -2.11. The van der Waals surface area contributed by atoms with E-state index in [1.807, 2.05) is 0 Å². The van der Waals surface area contributed by atoms with Gasteiger partial charge in [0.15, 0.2) is 0 Å². The molecule has 1 rings (SSSR count). The van der Waals surface area contributed by atoms with Crippen LogP contribution in [0.25, 0.3) is 0 Å². The first kappa shape index (κ1) is 15.9. The van der Waals surface area contributed by atoms with Crippen molar-refractivity contribution < 1.29 is 18.0 Å². The molecule has 0 fully saturated rings. The van der Waals surface area contributed by atoms with Crippen LogP contribution in [-0.4, -0.2) is 22.9 Å². The van der Waals surface area contributed by atoms with Crippen LogP contribution in [0.3, 0.4) is 0 Å². The fourth-order valence-electron chi connectivity index (χ4n) is 1.31. The maximum atomic E-state index is 12.4. The first-order chi connectivity index (χ1) is 8.35. The van der Waals surface area contributed by atoms with Crippen molar-refractivity contribution in [3.8, 4) is 0 Å². The van der Waals surface area contributed by atoms with Gasteiger partial charge in [0.1, 0.15) is 5.78 Å². The van der Waals surface area contributed by atoms with Crippen LogP contribution in [0.5, 0.6) is 0 Å². The second-order valence-electron chi connectivity index (χ2n) is 3.38. The Labute approximate surface area is 120 Å². The average molecular weight is 359 g/mol. The summed E-state index contributed by atoms with van der Waals surface area (Å²) in [5.74, 6) is -0.0603. The first-order valence-corrected chi connectivity index (χ1v) is 8.02. The van der Waals surface area contributed by atoms with Crippen molar-refractivity contribution >= 4 is 45.2 Å². The molecule has 0 amide bonds. The zero-order chi connectivity index (χ0) is 13.8. The molecule has 0 radical (unpaired) electrons. The van der Waals surface area contributed by atoms with E-state index in [9.17, 15) is 18.0 Å². The zero-order valence-corrected chi connectivity index (χ0v) is 12.6. The lowest BCUT2D eigenvalue weighted by Crippen LogP contribution is -2.04. The van der Waals surface area contributed by atoms with Crippen LogP contribution >= 0.6 is 39.5 Å². The number of rotatable bonds is 5. The SMILES string of the molecule is CSc1ccc(CC(=O)CBr)cc1SC(F)(F)F. The molecule has 100 valence electrons. The van der Waals surface area contributed by atoms with E-state index in [1.54, 1.807) is 18.4 Å². The molecule has 0 aliphatic rings. The summed E-state index contributed by atoms with van der Waals surface area (Å²) in [6.07, 6.45) is 1.87. The number of carbonyl (C=O) groups excluding carboxylic acids is 1. The van der Waals surface area contributed by atoms with Gasteiger partial charge < -0.3 is 0 Å². The maximum absolute atomic E-state index is 12.4. The van der Waals surface area contributed by atoms with Gasteiger partial charge >= 0.3 is 5.51 Å². The van der Waals surface area contributed by atoms with Crippen molar-refractivity contribution in [3.05, 3.63) is 23.8 Å². The van der Waals surface area contributed by atoms with E-state index in [2.05, 4.69) is 15.9 Å². The minimum absolute atomic E-state index is 0.0603. The van der Waals surface area contributed by atoms with Crippen LogP contribution < -0.4 is 0 Å². The molecule has 1 aromatic carbocycles. The lowest BCUT2D eigenvalue weighted by molar-refractivity contribution is -0.115. The summed E-state index contributed by atoms with van der Waals surface area (Å²) in [5.41, 5.74) is -3.72. The van der Waals surface area contributed by atoms with Gasteiger partial charge in [0.05, 0.1) is 5.33 Å². The summed E-state index contributed by atoms with van der Waals surface area (Å²) < 4.78 is 37.2. The van der Waals surface area contributed by atoms with E-state index >= 15 is 0 Å². The fraction of sp³-hybridized carbons (Fsp3) is 0.364. The molecule has 0 unspecified atom stereocenters. The van der Waals surface area contributed by atoms with Gasteiger partial charge in [-0.15, -0.1) is 11.8 Å². The lowest BCUT2D eigenvalue weighted by atomic mass is 10.1. The standard InChI is InChI=1S/C11H10BrF3OS2/c1-17-9-3-2-7(4-8(16)6-12)5-10(9)18-11(13,14)15/h2-3,5H,4,6H2,1H3. The average Bonchev–Trinajstić information content (AvgIpc) is 2.27. The van der Waals surface area contributed by atoms with Gasteiger partial charge in [-0.1, -0.05) is 22.0 Å². The van der Waals surface area contributed by atoms with Crippen molar-refractivity contribution in [2.24, 2.45) is 0 Å². The molecule has 7 heteroatoms. The molecule has 0 atom stereocenters. The smallest absolute Gasteiger partial charge is 0.298 e. The van der Waals surface area contributed by atoms with Gasteiger partial charge in [-0.05, 0) is 35.7 Å².